The molecular formula is C25H30Cl3IO3S. The van der Waals surface area contributed by atoms with E-state index in [4.69, 9.17) is 39.5 Å². The van der Waals surface area contributed by atoms with E-state index in [1.807, 2.05) is 31.2 Å². The first-order valence-corrected chi connectivity index (χ1v) is 14.9. The van der Waals surface area contributed by atoms with Crippen LogP contribution in [0.15, 0.2) is 30.3 Å². The Kier molecular flexibility index (Phi) is 11.1. The second-order valence-corrected chi connectivity index (χ2v) is 12.5. The average Bonchev–Trinajstić information content (AvgIpc) is 3.30. The molecule has 1 saturated carbocycles. The molecule has 182 valence electrons. The number of thiophene rings is 1. The predicted molar refractivity (Wildman–Crippen MR) is 148 cm³/mol. The molecule has 5 unspecified atom stereocenters. The van der Waals surface area contributed by atoms with Crippen molar-refractivity contribution >= 4 is 74.7 Å². The lowest BCUT2D eigenvalue weighted by molar-refractivity contribution is 0.0344. The van der Waals surface area contributed by atoms with E-state index < -0.39 is 0 Å². The van der Waals surface area contributed by atoms with Gasteiger partial charge in [-0.15, -0.1) is 22.9 Å². The van der Waals surface area contributed by atoms with Gasteiger partial charge in [-0.1, -0.05) is 45.8 Å². The quantitative estimate of drug-likeness (QED) is 0.153. The molecule has 8 heteroatoms. The van der Waals surface area contributed by atoms with Crippen LogP contribution in [-0.4, -0.2) is 33.1 Å². The highest BCUT2D eigenvalue weighted by atomic mass is 127. The van der Waals surface area contributed by atoms with Crippen molar-refractivity contribution in [1.29, 1.82) is 0 Å². The van der Waals surface area contributed by atoms with E-state index >= 15 is 0 Å². The zero-order chi connectivity index (χ0) is 24.0. The van der Waals surface area contributed by atoms with E-state index in [1.165, 1.54) is 16.2 Å². The van der Waals surface area contributed by atoms with Crippen LogP contribution < -0.4 is 0 Å². The summed E-state index contributed by atoms with van der Waals surface area (Å²) in [5, 5.41) is 11.9. The molecule has 0 aliphatic heterocycles. The second-order valence-electron chi connectivity index (χ2n) is 8.81. The Balaban J connectivity index is 1.51. The molecule has 33 heavy (non-hydrogen) atoms. The van der Waals surface area contributed by atoms with Gasteiger partial charge < -0.3 is 9.84 Å². The van der Waals surface area contributed by atoms with Crippen molar-refractivity contribution in [3.63, 3.8) is 0 Å². The van der Waals surface area contributed by atoms with Crippen molar-refractivity contribution in [2.24, 2.45) is 11.8 Å². The molecule has 0 saturated heterocycles. The monoisotopic (exact) mass is 642 g/mol. The average molecular weight is 644 g/mol. The standard InChI is InChI=1S/C25H30Cl3IO3S/c1-15(9-10-29)32-25(31)24-8-6-19(33-24)3-2-4-20-21(23(30)14-22(20)28)7-5-16-11-17(26)13-18(27)12-16/h6,8,11-13,15,20-23,30H,2-5,7,9-10,14H2,1H3. The molecule has 1 aromatic carbocycles. The summed E-state index contributed by atoms with van der Waals surface area (Å²) in [4.78, 5) is 14.1. The number of aliphatic hydroxyl groups is 1. The Morgan fingerprint density at radius 3 is 2.61 bits per heavy atom. The van der Waals surface area contributed by atoms with E-state index in [0.29, 0.717) is 21.3 Å². The molecule has 1 N–H and O–H groups in total. The summed E-state index contributed by atoms with van der Waals surface area (Å²) in [5.74, 6) is 0.206. The minimum absolute atomic E-state index is 0.0128. The Hall–Kier alpha value is -0.0500. The van der Waals surface area contributed by atoms with E-state index in [9.17, 15) is 9.90 Å². The number of alkyl halides is 2. The number of hydrogen-bond donors (Lipinski definition) is 1. The molecular weight excluding hydrogens is 614 g/mol. The van der Waals surface area contributed by atoms with E-state index in [1.54, 1.807) is 6.07 Å². The number of benzene rings is 1. The summed E-state index contributed by atoms with van der Waals surface area (Å²) in [5.41, 5.74) is 1.09. The van der Waals surface area contributed by atoms with Crippen LogP contribution in [0.5, 0.6) is 0 Å². The maximum absolute atomic E-state index is 12.3. The second kappa shape index (κ2) is 13.3. The third kappa shape index (κ3) is 8.25. The lowest BCUT2D eigenvalue weighted by atomic mass is 9.85. The maximum atomic E-state index is 12.3. The fraction of sp³-hybridized carbons (Fsp3) is 0.560. The van der Waals surface area contributed by atoms with Gasteiger partial charge in [0.15, 0.2) is 0 Å². The molecule has 0 bridgehead atoms. The normalized spacial score (nSPS) is 23.6. The van der Waals surface area contributed by atoms with Gasteiger partial charge in [-0.2, -0.15) is 0 Å². The van der Waals surface area contributed by atoms with Gasteiger partial charge in [0, 0.05) is 24.7 Å². The van der Waals surface area contributed by atoms with Crippen molar-refractivity contribution in [1.82, 2.24) is 0 Å². The lowest BCUT2D eigenvalue weighted by Crippen LogP contribution is -2.21. The van der Waals surface area contributed by atoms with Crippen molar-refractivity contribution in [2.45, 2.75) is 69.5 Å². The minimum Gasteiger partial charge on any atom is -0.458 e. The number of esters is 1. The zero-order valence-electron chi connectivity index (χ0n) is 18.6. The summed E-state index contributed by atoms with van der Waals surface area (Å²) in [6.45, 7) is 1.93. The molecule has 0 spiro atoms. The fourth-order valence-electron chi connectivity index (χ4n) is 4.61. The van der Waals surface area contributed by atoms with E-state index in [-0.39, 0.29) is 35.4 Å². The smallest absolute Gasteiger partial charge is 0.348 e. The van der Waals surface area contributed by atoms with Crippen LogP contribution in [-0.2, 0) is 17.6 Å². The molecule has 0 radical (unpaired) electrons. The highest BCUT2D eigenvalue weighted by Gasteiger charge is 2.40. The molecule has 0 amide bonds. The van der Waals surface area contributed by atoms with Crippen LogP contribution in [0.4, 0.5) is 0 Å². The van der Waals surface area contributed by atoms with Gasteiger partial charge in [-0.25, -0.2) is 4.79 Å². The zero-order valence-corrected chi connectivity index (χ0v) is 23.9. The van der Waals surface area contributed by atoms with Crippen LogP contribution in [0.2, 0.25) is 10.0 Å². The third-order valence-corrected chi connectivity index (χ3v) is 9.00. The van der Waals surface area contributed by atoms with Crippen LogP contribution in [0.3, 0.4) is 0 Å². The van der Waals surface area contributed by atoms with Gasteiger partial charge in [-0.05, 0) is 99.6 Å². The number of rotatable bonds is 11. The first-order chi connectivity index (χ1) is 15.8. The molecule has 2 aromatic rings. The van der Waals surface area contributed by atoms with Crippen LogP contribution in [0, 0.1) is 11.8 Å². The number of carbonyl (C=O) groups excluding carboxylic acids is 1. The summed E-state index contributed by atoms with van der Waals surface area (Å²) in [7, 11) is 0. The van der Waals surface area contributed by atoms with Gasteiger partial charge in [0.25, 0.3) is 0 Å². The summed E-state index contributed by atoms with van der Waals surface area (Å²) in [6, 6.07) is 9.48. The number of aryl methyl sites for hydroxylation is 2. The van der Waals surface area contributed by atoms with E-state index in [0.717, 1.165) is 48.5 Å². The molecule has 1 heterocycles. The SMILES string of the molecule is CC(CCI)OC(=O)c1ccc(CCCC2C(Cl)CC(O)C2CCc2cc(Cl)cc(Cl)c2)s1. The largest absolute Gasteiger partial charge is 0.458 e. The third-order valence-electron chi connectivity index (χ3n) is 6.31. The topological polar surface area (TPSA) is 46.5 Å². The van der Waals surface area contributed by atoms with Gasteiger partial charge in [0.1, 0.15) is 11.0 Å². The summed E-state index contributed by atoms with van der Waals surface area (Å²) < 4.78 is 6.46. The van der Waals surface area contributed by atoms with Crippen molar-refractivity contribution in [2.75, 3.05) is 4.43 Å². The molecule has 5 atom stereocenters. The van der Waals surface area contributed by atoms with Crippen LogP contribution in [0.1, 0.15) is 59.1 Å². The van der Waals surface area contributed by atoms with Crippen molar-refractivity contribution in [3.8, 4) is 0 Å². The highest BCUT2D eigenvalue weighted by molar-refractivity contribution is 14.1. The Bertz CT molecular complexity index is 902. The fourth-order valence-corrected chi connectivity index (χ4v) is 7.49. The number of carbonyl (C=O) groups is 1. The van der Waals surface area contributed by atoms with Crippen molar-refractivity contribution < 1.29 is 14.6 Å². The first kappa shape index (κ1) is 27.5. The van der Waals surface area contributed by atoms with Crippen molar-refractivity contribution in [3.05, 3.63) is 55.7 Å². The first-order valence-electron chi connectivity index (χ1n) is 11.4. The van der Waals surface area contributed by atoms with Gasteiger partial charge >= 0.3 is 5.97 Å². The molecule has 3 nitrogen and oxygen atoms in total. The Morgan fingerprint density at radius 2 is 1.91 bits per heavy atom. The number of hydrogen-bond acceptors (Lipinski definition) is 4. The Morgan fingerprint density at radius 1 is 1.18 bits per heavy atom. The molecule has 1 aliphatic rings. The summed E-state index contributed by atoms with van der Waals surface area (Å²) >= 11 is 22.7. The Labute approximate surface area is 229 Å². The molecule has 3 rings (SSSR count). The van der Waals surface area contributed by atoms with Crippen LogP contribution in [0.25, 0.3) is 0 Å². The van der Waals surface area contributed by atoms with Gasteiger partial charge in [-0.3, -0.25) is 0 Å². The molecule has 1 fully saturated rings. The number of ether oxygens (including phenoxy) is 1. The minimum atomic E-state index is -0.375. The van der Waals surface area contributed by atoms with Gasteiger partial charge in [0.05, 0.1) is 6.10 Å². The lowest BCUT2D eigenvalue weighted by Gasteiger charge is -2.23. The number of aliphatic hydroxyl groups excluding tert-OH is 1. The summed E-state index contributed by atoms with van der Waals surface area (Å²) in [6.07, 6.45) is 5.56. The van der Waals surface area contributed by atoms with Gasteiger partial charge in [0.2, 0.25) is 0 Å². The predicted octanol–water partition coefficient (Wildman–Crippen LogP) is 7.99. The number of halogens is 4. The maximum Gasteiger partial charge on any atom is 0.348 e. The molecule has 1 aliphatic carbocycles. The van der Waals surface area contributed by atoms with Crippen LogP contribution >= 0.6 is 68.7 Å². The van der Waals surface area contributed by atoms with E-state index in [2.05, 4.69) is 22.6 Å². The molecule has 1 aromatic heterocycles. The highest BCUT2D eigenvalue weighted by Crippen LogP contribution is 2.42.